The number of halogens is 3. The minimum Gasteiger partial charge on any atom is -1.00 e. The van der Waals surface area contributed by atoms with Crippen molar-refractivity contribution >= 4 is 0 Å². The minimum atomic E-state index is 0. The summed E-state index contributed by atoms with van der Waals surface area (Å²) in [5.41, 5.74) is 0. The standard InChI is InChI=1S/CH2.3ClH.Cr/h1H2;3*1H;/q;;;;+3/p-3. The SMILES string of the molecule is [CH2].[Cl-].[Cl-].[Cl-].[Cr+3]. The summed E-state index contributed by atoms with van der Waals surface area (Å²) in [5, 5.41) is 0. The van der Waals surface area contributed by atoms with Gasteiger partial charge in [-0.2, -0.15) is 0 Å². The second kappa shape index (κ2) is 53.2. The molecule has 4 heteroatoms. The summed E-state index contributed by atoms with van der Waals surface area (Å²) in [5.74, 6) is 0. The fourth-order valence-corrected chi connectivity index (χ4v) is 0. The van der Waals surface area contributed by atoms with Gasteiger partial charge in [0.1, 0.15) is 0 Å². The van der Waals surface area contributed by atoms with Crippen LogP contribution in [0.25, 0.3) is 0 Å². The van der Waals surface area contributed by atoms with E-state index >= 15 is 0 Å². The fourth-order valence-electron chi connectivity index (χ4n) is 0. The van der Waals surface area contributed by atoms with Crippen molar-refractivity contribution in [2.75, 3.05) is 0 Å². The number of hydrogen-bond donors (Lipinski definition) is 0. The van der Waals surface area contributed by atoms with Gasteiger partial charge in [-0.05, 0) is 0 Å². The summed E-state index contributed by atoms with van der Waals surface area (Å²) in [6.45, 7) is 0. The Labute approximate surface area is 62.1 Å². The largest absolute Gasteiger partial charge is 3.00 e. The summed E-state index contributed by atoms with van der Waals surface area (Å²) < 4.78 is 0. The summed E-state index contributed by atoms with van der Waals surface area (Å²) in [6.07, 6.45) is 0. The molecule has 3 radical (unpaired) electrons. The first-order valence-corrected chi connectivity index (χ1v) is 0. The third-order valence-electron chi connectivity index (χ3n) is 0. The van der Waals surface area contributed by atoms with Gasteiger partial charge >= 0.3 is 17.4 Å². The molecule has 0 aromatic carbocycles. The second-order valence-corrected chi connectivity index (χ2v) is 0. The van der Waals surface area contributed by atoms with Crippen LogP contribution < -0.4 is 37.2 Å². The van der Waals surface area contributed by atoms with E-state index in [4.69, 9.17) is 0 Å². The number of hydrogen-bond acceptors (Lipinski definition) is 0. The Morgan fingerprint density at radius 3 is 0.600 bits per heavy atom. The van der Waals surface area contributed by atoms with Crippen molar-refractivity contribution in [3.8, 4) is 0 Å². The topological polar surface area (TPSA) is 0 Å². The van der Waals surface area contributed by atoms with Crippen LogP contribution in [0.4, 0.5) is 0 Å². The quantitative estimate of drug-likeness (QED) is 0.340. The van der Waals surface area contributed by atoms with Crippen LogP contribution in [-0.2, 0) is 17.4 Å². The second-order valence-electron chi connectivity index (χ2n) is 0. The van der Waals surface area contributed by atoms with E-state index in [1.807, 2.05) is 0 Å². The van der Waals surface area contributed by atoms with Gasteiger partial charge in [0.25, 0.3) is 0 Å². The van der Waals surface area contributed by atoms with Gasteiger partial charge in [-0.1, -0.05) is 7.43 Å². The van der Waals surface area contributed by atoms with Crippen LogP contribution in [0.2, 0.25) is 0 Å². The Hall–Kier alpha value is 1.40. The maximum Gasteiger partial charge on any atom is 3.00 e. The van der Waals surface area contributed by atoms with E-state index in [2.05, 4.69) is 0 Å². The normalized spacial score (nSPS) is 0. The van der Waals surface area contributed by atoms with Crippen molar-refractivity contribution in [3.05, 3.63) is 7.43 Å². The molecule has 33 valence electrons. The third-order valence-corrected chi connectivity index (χ3v) is 0. The van der Waals surface area contributed by atoms with E-state index in [1.165, 1.54) is 0 Å². The first kappa shape index (κ1) is 95.0. The molecular formula is CH2Cl3Cr. The predicted molar refractivity (Wildman–Crippen MR) is 5.36 cm³/mol. The smallest absolute Gasteiger partial charge is 1.00 e. The monoisotopic (exact) mass is 171 g/mol. The first-order chi connectivity index (χ1) is 0. The molecule has 0 aliphatic heterocycles. The molecule has 0 fully saturated rings. The first-order valence-electron chi connectivity index (χ1n) is 0. The van der Waals surface area contributed by atoms with Crippen LogP contribution >= 0.6 is 0 Å². The molecular weight excluding hydrogens is 170 g/mol. The van der Waals surface area contributed by atoms with Crippen molar-refractivity contribution in [2.45, 2.75) is 0 Å². The molecule has 5 heavy (non-hydrogen) atoms. The van der Waals surface area contributed by atoms with Crippen LogP contribution in [0, 0.1) is 7.43 Å². The molecule has 0 atom stereocenters. The van der Waals surface area contributed by atoms with Gasteiger partial charge in [0.2, 0.25) is 0 Å². The van der Waals surface area contributed by atoms with E-state index in [9.17, 15) is 0 Å². The van der Waals surface area contributed by atoms with E-state index in [0.29, 0.717) is 0 Å². The number of rotatable bonds is 0. The van der Waals surface area contributed by atoms with E-state index in [0.717, 1.165) is 0 Å². The maximum atomic E-state index is 0. The summed E-state index contributed by atoms with van der Waals surface area (Å²) in [7, 11) is 0. The van der Waals surface area contributed by atoms with Crippen molar-refractivity contribution in [1.29, 1.82) is 0 Å². The van der Waals surface area contributed by atoms with Crippen molar-refractivity contribution in [2.24, 2.45) is 0 Å². The zero-order chi connectivity index (χ0) is 0. The van der Waals surface area contributed by atoms with Gasteiger partial charge < -0.3 is 37.2 Å². The molecule has 0 aliphatic carbocycles. The molecule has 0 aromatic heterocycles. The van der Waals surface area contributed by atoms with Gasteiger partial charge in [0, 0.05) is 0 Å². The van der Waals surface area contributed by atoms with Crippen LogP contribution in [0.15, 0.2) is 0 Å². The van der Waals surface area contributed by atoms with Crippen LogP contribution in [0.5, 0.6) is 0 Å². The van der Waals surface area contributed by atoms with E-state index in [-0.39, 0.29) is 62.0 Å². The molecule has 0 rings (SSSR count). The average Bonchev–Trinajstić information content (AvgIpc) is 0. The molecule has 0 aromatic rings. The minimum absolute atomic E-state index is 0. The molecule has 0 saturated carbocycles. The maximum absolute atomic E-state index is 0. The molecule has 0 amide bonds. The van der Waals surface area contributed by atoms with Crippen molar-refractivity contribution in [1.82, 2.24) is 0 Å². The molecule has 0 spiro atoms. The molecule has 0 nitrogen and oxygen atoms in total. The summed E-state index contributed by atoms with van der Waals surface area (Å²) in [4.78, 5) is 0. The predicted octanol–water partition coefficient (Wildman–Crippen LogP) is -8.66. The van der Waals surface area contributed by atoms with Gasteiger partial charge in [0.15, 0.2) is 0 Å². The Morgan fingerprint density at radius 2 is 0.600 bits per heavy atom. The Morgan fingerprint density at radius 1 is 0.600 bits per heavy atom. The third kappa shape index (κ3) is 31.8. The van der Waals surface area contributed by atoms with E-state index < -0.39 is 0 Å². The molecule has 0 bridgehead atoms. The van der Waals surface area contributed by atoms with E-state index in [1.54, 1.807) is 0 Å². The van der Waals surface area contributed by atoms with Crippen molar-refractivity contribution < 1.29 is 54.6 Å². The molecule has 0 N–H and O–H groups in total. The van der Waals surface area contributed by atoms with Gasteiger partial charge in [-0.25, -0.2) is 0 Å². The average molecular weight is 172 g/mol. The van der Waals surface area contributed by atoms with Crippen LogP contribution in [0.1, 0.15) is 0 Å². The molecule has 0 saturated heterocycles. The fraction of sp³-hybridized carbons (Fsp3) is 0. The Kier molecular flexibility index (Phi) is 1010. The van der Waals surface area contributed by atoms with Gasteiger partial charge in [0.05, 0.1) is 0 Å². The molecule has 0 unspecified atom stereocenters. The zero-order valence-corrected chi connectivity index (χ0v) is 5.79. The van der Waals surface area contributed by atoms with Gasteiger partial charge in [-0.3, -0.25) is 0 Å². The zero-order valence-electron chi connectivity index (χ0n) is 2.25. The van der Waals surface area contributed by atoms with Crippen LogP contribution in [0.3, 0.4) is 0 Å². The summed E-state index contributed by atoms with van der Waals surface area (Å²) in [6, 6.07) is 0. The van der Waals surface area contributed by atoms with Gasteiger partial charge in [-0.15, -0.1) is 0 Å². The summed E-state index contributed by atoms with van der Waals surface area (Å²) >= 11 is 0. The Bertz CT molecular complexity index is 6.85. The molecule has 0 heterocycles. The molecule has 0 aliphatic rings. The van der Waals surface area contributed by atoms with Crippen LogP contribution in [-0.4, -0.2) is 0 Å². The Balaban J connectivity index is 0. The van der Waals surface area contributed by atoms with Crippen molar-refractivity contribution in [3.63, 3.8) is 0 Å².